The van der Waals surface area contributed by atoms with Gasteiger partial charge in [0.05, 0.1) is 6.42 Å². The standard InChI is InChI=1S/C19H28ClN5O2/c1-21-19(22-8-7-17(26)23(2)3)25-11-9-24(10-12-25)18(27)14-15-5-4-6-16(20)13-15/h4-6,13H,7-12,14H2,1-3H3,(H,21,22). The highest BCUT2D eigenvalue weighted by Crippen LogP contribution is 2.13. The molecule has 8 heteroatoms. The van der Waals surface area contributed by atoms with Gasteiger partial charge in [-0.1, -0.05) is 23.7 Å². The van der Waals surface area contributed by atoms with Crippen LogP contribution in [0.3, 0.4) is 0 Å². The summed E-state index contributed by atoms with van der Waals surface area (Å²) in [5.41, 5.74) is 0.929. The summed E-state index contributed by atoms with van der Waals surface area (Å²) in [6.45, 7) is 3.26. The number of rotatable bonds is 5. The number of benzene rings is 1. The zero-order valence-electron chi connectivity index (χ0n) is 16.2. The van der Waals surface area contributed by atoms with Gasteiger partial charge in [0, 0.05) is 65.3 Å². The van der Waals surface area contributed by atoms with Gasteiger partial charge in [-0.2, -0.15) is 0 Å². The summed E-state index contributed by atoms with van der Waals surface area (Å²) in [7, 11) is 5.22. The summed E-state index contributed by atoms with van der Waals surface area (Å²) in [5, 5.41) is 3.87. The molecule has 148 valence electrons. The number of halogens is 1. The summed E-state index contributed by atoms with van der Waals surface area (Å²) < 4.78 is 0. The van der Waals surface area contributed by atoms with E-state index in [2.05, 4.69) is 15.2 Å². The third-order valence-corrected chi connectivity index (χ3v) is 4.74. The first-order valence-corrected chi connectivity index (χ1v) is 9.46. The SMILES string of the molecule is CN=C(NCCC(=O)N(C)C)N1CCN(C(=O)Cc2cccc(Cl)c2)CC1. The molecule has 0 saturated carbocycles. The Balaban J connectivity index is 1.79. The zero-order valence-corrected chi connectivity index (χ0v) is 17.0. The molecule has 0 spiro atoms. The molecule has 1 aromatic rings. The van der Waals surface area contributed by atoms with Crippen LogP contribution in [0.1, 0.15) is 12.0 Å². The molecule has 0 aliphatic carbocycles. The van der Waals surface area contributed by atoms with Gasteiger partial charge in [-0.25, -0.2) is 0 Å². The van der Waals surface area contributed by atoms with Gasteiger partial charge in [0.25, 0.3) is 0 Å². The van der Waals surface area contributed by atoms with Gasteiger partial charge in [0.15, 0.2) is 5.96 Å². The fourth-order valence-corrected chi connectivity index (χ4v) is 3.15. The lowest BCUT2D eigenvalue weighted by molar-refractivity contribution is -0.132. The fourth-order valence-electron chi connectivity index (χ4n) is 2.94. The highest BCUT2D eigenvalue weighted by molar-refractivity contribution is 6.30. The van der Waals surface area contributed by atoms with Crippen LogP contribution in [-0.4, -0.2) is 86.3 Å². The fraction of sp³-hybridized carbons (Fsp3) is 0.526. The third kappa shape index (κ3) is 6.43. The minimum atomic E-state index is 0.0781. The molecule has 7 nitrogen and oxygen atoms in total. The van der Waals surface area contributed by atoms with Crippen LogP contribution in [0.2, 0.25) is 5.02 Å². The minimum absolute atomic E-state index is 0.0781. The van der Waals surface area contributed by atoms with Crippen LogP contribution in [0.15, 0.2) is 29.3 Å². The topological polar surface area (TPSA) is 68.2 Å². The average Bonchev–Trinajstić information content (AvgIpc) is 2.65. The summed E-state index contributed by atoms with van der Waals surface area (Å²) >= 11 is 5.99. The van der Waals surface area contributed by atoms with Crippen LogP contribution >= 0.6 is 11.6 Å². The smallest absolute Gasteiger partial charge is 0.227 e. The first-order valence-electron chi connectivity index (χ1n) is 9.08. The molecule has 1 fully saturated rings. The monoisotopic (exact) mass is 393 g/mol. The van der Waals surface area contributed by atoms with E-state index in [1.165, 1.54) is 0 Å². The molecule has 2 rings (SSSR count). The summed E-state index contributed by atoms with van der Waals surface area (Å²) in [6.07, 6.45) is 0.782. The Morgan fingerprint density at radius 3 is 2.44 bits per heavy atom. The molecule has 1 aliphatic rings. The van der Waals surface area contributed by atoms with Crippen LogP contribution in [0, 0.1) is 0 Å². The van der Waals surface area contributed by atoms with E-state index in [0.29, 0.717) is 50.6 Å². The number of nitrogens with zero attached hydrogens (tertiary/aromatic N) is 4. The number of piperazine rings is 1. The van der Waals surface area contributed by atoms with Gasteiger partial charge < -0.3 is 20.0 Å². The van der Waals surface area contributed by atoms with E-state index in [-0.39, 0.29) is 11.8 Å². The molecule has 0 unspecified atom stereocenters. The van der Waals surface area contributed by atoms with Crippen LogP contribution < -0.4 is 5.32 Å². The van der Waals surface area contributed by atoms with Gasteiger partial charge in [0.2, 0.25) is 11.8 Å². The van der Waals surface area contributed by atoms with E-state index in [0.717, 1.165) is 11.5 Å². The van der Waals surface area contributed by atoms with E-state index >= 15 is 0 Å². The van der Waals surface area contributed by atoms with Crippen LogP contribution in [0.4, 0.5) is 0 Å². The third-order valence-electron chi connectivity index (χ3n) is 4.51. The average molecular weight is 394 g/mol. The largest absolute Gasteiger partial charge is 0.356 e. The lowest BCUT2D eigenvalue weighted by Gasteiger charge is -2.36. The summed E-state index contributed by atoms with van der Waals surface area (Å²) in [4.78, 5) is 34.0. The molecule has 2 amide bonds. The van der Waals surface area contributed by atoms with Crippen LogP contribution in [-0.2, 0) is 16.0 Å². The summed E-state index contributed by atoms with van der Waals surface area (Å²) in [6, 6.07) is 7.41. The van der Waals surface area contributed by atoms with E-state index in [1.807, 2.05) is 23.1 Å². The predicted octanol–water partition coefficient (Wildman–Crippen LogP) is 1.08. The van der Waals surface area contributed by atoms with Crippen LogP contribution in [0.25, 0.3) is 0 Å². The second kappa shape index (κ2) is 10.2. The minimum Gasteiger partial charge on any atom is -0.356 e. The zero-order chi connectivity index (χ0) is 19.8. The summed E-state index contributed by atoms with van der Waals surface area (Å²) in [5.74, 6) is 0.953. The van der Waals surface area contributed by atoms with Gasteiger partial charge in [-0.15, -0.1) is 0 Å². The number of amides is 2. The second-order valence-corrected chi connectivity index (χ2v) is 7.12. The van der Waals surface area contributed by atoms with Gasteiger partial charge in [0.1, 0.15) is 0 Å². The molecule has 1 heterocycles. The number of hydrogen-bond donors (Lipinski definition) is 1. The Morgan fingerprint density at radius 2 is 1.85 bits per heavy atom. The maximum atomic E-state index is 12.5. The Kier molecular flexibility index (Phi) is 7.91. The van der Waals surface area contributed by atoms with Crippen molar-refractivity contribution in [3.8, 4) is 0 Å². The molecule has 0 bridgehead atoms. The van der Waals surface area contributed by atoms with Crippen molar-refractivity contribution in [2.24, 2.45) is 4.99 Å². The molecule has 1 saturated heterocycles. The van der Waals surface area contributed by atoms with Gasteiger partial charge >= 0.3 is 0 Å². The van der Waals surface area contributed by atoms with Crippen molar-refractivity contribution < 1.29 is 9.59 Å². The van der Waals surface area contributed by atoms with Crippen molar-refractivity contribution in [3.05, 3.63) is 34.9 Å². The molecule has 0 aromatic heterocycles. The van der Waals surface area contributed by atoms with Crippen molar-refractivity contribution in [1.82, 2.24) is 20.0 Å². The quantitative estimate of drug-likeness (QED) is 0.600. The first-order chi connectivity index (χ1) is 12.9. The van der Waals surface area contributed by atoms with Crippen LogP contribution in [0.5, 0.6) is 0 Å². The number of hydrogen-bond acceptors (Lipinski definition) is 3. The molecule has 0 atom stereocenters. The number of guanidine groups is 1. The molecular formula is C19H28ClN5O2. The van der Waals surface area contributed by atoms with Crippen molar-refractivity contribution in [2.75, 3.05) is 53.9 Å². The second-order valence-electron chi connectivity index (χ2n) is 6.69. The number of carbonyl (C=O) groups excluding carboxylic acids is 2. The Bertz CT molecular complexity index is 684. The normalized spacial score (nSPS) is 14.9. The van der Waals surface area contributed by atoms with E-state index in [1.54, 1.807) is 32.1 Å². The van der Waals surface area contributed by atoms with E-state index in [4.69, 9.17) is 11.6 Å². The van der Waals surface area contributed by atoms with E-state index in [9.17, 15) is 9.59 Å². The molecule has 0 radical (unpaired) electrons. The van der Waals surface area contributed by atoms with Gasteiger partial charge in [-0.05, 0) is 17.7 Å². The maximum Gasteiger partial charge on any atom is 0.227 e. The molecule has 1 N–H and O–H groups in total. The Morgan fingerprint density at radius 1 is 1.19 bits per heavy atom. The molecule has 27 heavy (non-hydrogen) atoms. The van der Waals surface area contributed by atoms with Crippen molar-refractivity contribution in [1.29, 1.82) is 0 Å². The highest BCUT2D eigenvalue weighted by atomic mass is 35.5. The lowest BCUT2D eigenvalue weighted by Crippen LogP contribution is -2.54. The number of nitrogens with one attached hydrogen (secondary N) is 1. The van der Waals surface area contributed by atoms with Crippen molar-refractivity contribution in [3.63, 3.8) is 0 Å². The van der Waals surface area contributed by atoms with Crippen molar-refractivity contribution in [2.45, 2.75) is 12.8 Å². The lowest BCUT2D eigenvalue weighted by atomic mass is 10.1. The Labute approximate surface area is 166 Å². The predicted molar refractivity (Wildman–Crippen MR) is 108 cm³/mol. The molecular weight excluding hydrogens is 366 g/mol. The Hall–Kier alpha value is -2.28. The molecule has 1 aromatic carbocycles. The van der Waals surface area contributed by atoms with Gasteiger partial charge in [-0.3, -0.25) is 14.6 Å². The van der Waals surface area contributed by atoms with E-state index < -0.39 is 0 Å². The highest BCUT2D eigenvalue weighted by Gasteiger charge is 2.23. The molecule has 1 aliphatic heterocycles. The van der Waals surface area contributed by atoms with Crippen molar-refractivity contribution >= 4 is 29.4 Å². The maximum absolute atomic E-state index is 12.5. The number of aliphatic imine (C=N–C) groups is 1. The number of carbonyl (C=O) groups is 2. The first kappa shape index (κ1) is 21.0.